The number of benzene rings is 2. The van der Waals surface area contributed by atoms with E-state index in [0.29, 0.717) is 12.2 Å². The molecular weight excluding hydrogens is 332 g/mol. The van der Waals surface area contributed by atoms with Crippen LogP contribution in [0.3, 0.4) is 0 Å². The molecule has 0 aromatic heterocycles. The van der Waals surface area contributed by atoms with Gasteiger partial charge in [-0.1, -0.05) is 35.0 Å². The van der Waals surface area contributed by atoms with E-state index < -0.39 is 0 Å². The third kappa shape index (κ3) is 3.64. The number of carbonyl (C=O) groups excluding carboxylic acids is 1. The Bertz CT molecular complexity index is 635. The van der Waals surface area contributed by atoms with Gasteiger partial charge in [0.05, 0.1) is 12.2 Å². The Kier molecular flexibility index (Phi) is 5.02. The van der Waals surface area contributed by atoms with Gasteiger partial charge in [-0.3, -0.25) is 0 Å². The molecule has 0 aliphatic carbocycles. The highest BCUT2D eigenvalue weighted by molar-refractivity contribution is 9.10. The highest BCUT2D eigenvalue weighted by Crippen LogP contribution is 2.33. The number of hydrogen-bond acceptors (Lipinski definition) is 3. The molecule has 0 fully saturated rings. The predicted molar refractivity (Wildman–Crippen MR) is 85.7 cm³/mol. The number of phenols is 1. The van der Waals surface area contributed by atoms with Gasteiger partial charge in [0, 0.05) is 16.0 Å². The molecule has 110 valence electrons. The number of hydrogen-bond donors (Lipinski definition) is 1. The van der Waals surface area contributed by atoms with Crippen LogP contribution in [0.2, 0.25) is 0 Å². The van der Waals surface area contributed by atoms with Gasteiger partial charge >= 0.3 is 5.97 Å². The van der Waals surface area contributed by atoms with E-state index in [0.717, 1.165) is 15.6 Å². The largest absolute Gasteiger partial charge is 0.508 e. The van der Waals surface area contributed by atoms with Gasteiger partial charge in [0.15, 0.2) is 0 Å². The maximum atomic E-state index is 11.6. The van der Waals surface area contributed by atoms with Crippen molar-refractivity contribution in [2.24, 2.45) is 0 Å². The molecule has 3 nitrogen and oxygen atoms in total. The topological polar surface area (TPSA) is 46.5 Å². The summed E-state index contributed by atoms with van der Waals surface area (Å²) in [7, 11) is 0. The summed E-state index contributed by atoms with van der Waals surface area (Å²) in [5.74, 6) is -0.0269. The van der Waals surface area contributed by atoms with E-state index in [1.54, 1.807) is 31.2 Å². The average Bonchev–Trinajstić information content (AvgIpc) is 2.49. The van der Waals surface area contributed by atoms with Crippen molar-refractivity contribution in [3.63, 3.8) is 0 Å². The van der Waals surface area contributed by atoms with Gasteiger partial charge in [-0.25, -0.2) is 4.79 Å². The molecule has 1 unspecified atom stereocenters. The fourth-order valence-electron chi connectivity index (χ4n) is 2.17. The summed E-state index contributed by atoms with van der Waals surface area (Å²) in [4.78, 5) is 11.6. The van der Waals surface area contributed by atoms with Crippen molar-refractivity contribution in [1.29, 1.82) is 0 Å². The number of halogens is 1. The molecule has 1 atom stereocenters. The molecule has 2 aromatic carbocycles. The van der Waals surface area contributed by atoms with Gasteiger partial charge in [-0.15, -0.1) is 0 Å². The normalized spacial score (nSPS) is 12.0. The van der Waals surface area contributed by atoms with Crippen LogP contribution in [0, 0.1) is 0 Å². The fraction of sp³-hybridized carbons (Fsp3) is 0.235. The first-order valence-electron chi connectivity index (χ1n) is 6.78. The molecule has 0 saturated heterocycles. The monoisotopic (exact) mass is 348 g/mol. The summed E-state index contributed by atoms with van der Waals surface area (Å²) in [5.41, 5.74) is 2.40. The first-order chi connectivity index (χ1) is 10.0. The second-order valence-electron chi connectivity index (χ2n) is 4.77. The zero-order valence-electron chi connectivity index (χ0n) is 12.0. The van der Waals surface area contributed by atoms with Crippen molar-refractivity contribution < 1.29 is 14.6 Å². The van der Waals surface area contributed by atoms with Crippen LogP contribution in [0.1, 0.15) is 41.3 Å². The van der Waals surface area contributed by atoms with E-state index in [2.05, 4.69) is 15.9 Å². The van der Waals surface area contributed by atoms with E-state index in [-0.39, 0.29) is 17.6 Å². The van der Waals surface area contributed by atoms with Gasteiger partial charge in [0.25, 0.3) is 0 Å². The van der Waals surface area contributed by atoms with Gasteiger partial charge in [0.1, 0.15) is 5.75 Å². The molecule has 4 heteroatoms. The number of rotatable bonds is 4. The van der Waals surface area contributed by atoms with E-state index in [1.807, 2.05) is 25.1 Å². The zero-order chi connectivity index (χ0) is 15.4. The van der Waals surface area contributed by atoms with Crippen molar-refractivity contribution in [1.82, 2.24) is 0 Å². The van der Waals surface area contributed by atoms with Crippen LogP contribution in [0.5, 0.6) is 5.75 Å². The molecule has 0 bridgehead atoms. The first-order valence-corrected chi connectivity index (χ1v) is 7.57. The molecule has 21 heavy (non-hydrogen) atoms. The minimum atomic E-state index is -0.318. The van der Waals surface area contributed by atoms with E-state index in [4.69, 9.17) is 4.74 Å². The molecule has 0 heterocycles. The Balaban J connectivity index is 2.25. The lowest BCUT2D eigenvalue weighted by molar-refractivity contribution is 0.0526. The Morgan fingerprint density at radius 2 is 1.90 bits per heavy atom. The minimum Gasteiger partial charge on any atom is -0.508 e. The molecule has 2 aromatic rings. The average molecular weight is 349 g/mol. The van der Waals surface area contributed by atoms with Gasteiger partial charge in [0.2, 0.25) is 0 Å². The lowest BCUT2D eigenvalue weighted by atomic mass is 9.92. The highest BCUT2D eigenvalue weighted by atomic mass is 79.9. The zero-order valence-corrected chi connectivity index (χ0v) is 13.6. The third-order valence-electron chi connectivity index (χ3n) is 3.38. The number of ether oxygens (including phenoxy) is 1. The fourth-order valence-corrected chi connectivity index (χ4v) is 2.55. The summed E-state index contributed by atoms with van der Waals surface area (Å²) in [5, 5.41) is 9.98. The van der Waals surface area contributed by atoms with E-state index in [9.17, 15) is 9.90 Å². The van der Waals surface area contributed by atoms with Gasteiger partial charge in [-0.05, 0) is 42.8 Å². The highest BCUT2D eigenvalue weighted by Gasteiger charge is 2.14. The van der Waals surface area contributed by atoms with Crippen LogP contribution in [0.4, 0.5) is 0 Å². The molecule has 0 aliphatic rings. The van der Waals surface area contributed by atoms with Crippen LogP contribution in [0.15, 0.2) is 46.9 Å². The number of carbonyl (C=O) groups is 1. The summed E-state index contributed by atoms with van der Waals surface area (Å²) in [6, 6.07) is 12.6. The smallest absolute Gasteiger partial charge is 0.338 e. The molecule has 2 rings (SSSR count). The minimum absolute atomic E-state index is 0.0266. The molecule has 0 saturated carbocycles. The molecule has 0 aliphatic heterocycles. The number of esters is 1. The maximum Gasteiger partial charge on any atom is 0.338 e. The molecule has 0 radical (unpaired) electrons. The summed E-state index contributed by atoms with van der Waals surface area (Å²) in [6.07, 6.45) is 0. The maximum absolute atomic E-state index is 11.6. The summed E-state index contributed by atoms with van der Waals surface area (Å²) >= 11 is 3.41. The second-order valence-corrected chi connectivity index (χ2v) is 5.68. The van der Waals surface area contributed by atoms with Crippen molar-refractivity contribution >= 4 is 21.9 Å². The van der Waals surface area contributed by atoms with E-state index in [1.165, 1.54) is 0 Å². The Hall–Kier alpha value is -1.81. The number of phenolic OH excluding ortho intramolecular Hbond substituents is 1. The lowest BCUT2D eigenvalue weighted by Crippen LogP contribution is -2.05. The van der Waals surface area contributed by atoms with E-state index >= 15 is 0 Å². The summed E-state index contributed by atoms with van der Waals surface area (Å²) < 4.78 is 5.88. The third-order valence-corrected chi connectivity index (χ3v) is 3.87. The van der Waals surface area contributed by atoms with Crippen molar-refractivity contribution in [2.75, 3.05) is 6.61 Å². The molecular formula is C17H17BrO3. The van der Waals surface area contributed by atoms with Crippen molar-refractivity contribution in [3.05, 3.63) is 63.6 Å². The second kappa shape index (κ2) is 6.76. The molecule has 0 amide bonds. The van der Waals surface area contributed by atoms with Gasteiger partial charge < -0.3 is 9.84 Å². The quantitative estimate of drug-likeness (QED) is 0.828. The first kappa shape index (κ1) is 15.6. The van der Waals surface area contributed by atoms with Crippen molar-refractivity contribution in [3.8, 4) is 5.75 Å². The Morgan fingerprint density at radius 3 is 2.52 bits per heavy atom. The molecule has 0 spiro atoms. The Labute approximate surface area is 132 Å². The van der Waals surface area contributed by atoms with Crippen LogP contribution < -0.4 is 0 Å². The lowest BCUT2D eigenvalue weighted by Gasteiger charge is -2.15. The molecule has 1 N–H and O–H groups in total. The number of aromatic hydroxyl groups is 1. The standard InChI is InChI=1S/C17H17BrO3/c1-3-21-17(20)13-6-4-12(5-7-13)11(2)15-10-14(18)8-9-16(15)19/h4-11,19H,3H2,1-2H3. The summed E-state index contributed by atoms with van der Waals surface area (Å²) in [6.45, 7) is 4.16. The Morgan fingerprint density at radius 1 is 1.24 bits per heavy atom. The van der Waals surface area contributed by atoms with Crippen LogP contribution >= 0.6 is 15.9 Å². The van der Waals surface area contributed by atoms with Crippen LogP contribution in [-0.2, 0) is 4.74 Å². The van der Waals surface area contributed by atoms with Gasteiger partial charge in [-0.2, -0.15) is 0 Å². The van der Waals surface area contributed by atoms with Crippen LogP contribution in [-0.4, -0.2) is 17.7 Å². The van der Waals surface area contributed by atoms with Crippen LogP contribution in [0.25, 0.3) is 0 Å². The SMILES string of the molecule is CCOC(=O)c1ccc(C(C)c2cc(Br)ccc2O)cc1. The predicted octanol–water partition coefficient (Wildman–Crippen LogP) is 4.48. The van der Waals surface area contributed by atoms with Crippen molar-refractivity contribution in [2.45, 2.75) is 19.8 Å².